The molecule has 5 nitrogen and oxygen atoms in total. The predicted molar refractivity (Wildman–Crippen MR) is 98.5 cm³/mol. The number of methoxy groups -OCH3 is 1. The summed E-state index contributed by atoms with van der Waals surface area (Å²) in [7, 11) is 1.58. The van der Waals surface area contributed by atoms with Crippen LogP contribution in [-0.4, -0.2) is 19.0 Å². The third kappa shape index (κ3) is 3.33. The first kappa shape index (κ1) is 17.0. The number of carbonyl (C=O) groups is 2. The monoisotopic (exact) mass is 365 g/mol. The van der Waals surface area contributed by atoms with Crippen LogP contribution < -0.4 is 14.8 Å². The van der Waals surface area contributed by atoms with Crippen LogP contribution in [0.5, 0.6) is 11.5 Å². The van der Waals surface area contributed by atoms with Crippen molar-refractivity contribution in [3.8, 4) is 11.5 Å². The second kappa shape index (κ2) is 6.72. The van der Waals surface area contributed by atoms with Crippen molar-refractivity contribution in [3.05, 3.63) is 66.0 Å². The molecule has 0 bridgehead atoms. The summed E-state index contributed by atoms with van der Waals surface area (Å²) in [5.41, 5.74) is 0.847. The largest absolute Gasteiger partial charge is 0.497 e. The number of ether oxygens (including phenoxy) is 2. The summed E-state index contributed by atoms with van der Waals surface area (Å²) in [6, 6.07) is 14.9. The van der Waals surface area contributed by atoms with Crippen molar-refractivity contribution in [1.29, 1.82) is 0 Å². The fraction of sp³-hybridized carbons (Fsp3) is 0.143. The summed E-state index contributed by atoms with van der Waals surface area (Å²) in [5, 5.41) is 4.43. The van der Waals surface area contributed by atoms with E-state index in [2.05, 4.69) is 5.32 Å². The molecule has 0 radical (unpaired) electrons. The summed E-state index contributed by atoms with van der Waals surface area (Å²) in [5.74, 6) is -1.10. The minimum atomic E-state index is -0.782. The maximum absolute atomic E-state index is 13.4. The molecule has 1 aliphatic rings. The van der Waals surface area contributed by atoms with Crippen LogP contribution in [0.1, 0.15) is 17.9 Å². The molecule has 4 rings (SSSR count). The molecule has 0 spiro atoms. The van der Waals surface area contributed by atoms with Crippen LogP contribution in [0.2, 0.25) is 0 Å². The molecule has 1 amide bonds. The van der Waals surface area contributed by atoms with Crippen molar-refractivity contribution < 1.29 is 23.5 Å². The minimum absolute atomic E-state index is 0.0428. The number of anilines is 1. The zero-order valence-electron chi connectivity index (χ0n) is 14.5. The molecule has 136 valence electrons. The third-order valence-corrected chi connectivity index (χ3v) is 4.58. The van der Waals surface area contributed by atoms with Gasteiger partial charge in [-0.15, -0.1) is 0 Å². The van der Waals surface area contributed by atoms with Gasteiger partial charge < -0.3 is 14.8 Å². The Morgan fingerprint density at radius 3 is 2.56 bits per heavy atom. The molecule has 1 heterocycles. The molecule has 6 heteroatoms. The second-order valence-corrected chi connectivity index (χ2v) is 6.33. The standard InChI is InChI=1S/C21H16FNO4/c1-26-15-5-2-12-3-6-16(9-13(12)8-15)27-21(25)18-11-20(24)23-19-10-14(22)4-7-17(18)19/h2-10,18H,11H2,1H3,(H,23,24)/t18-/m0/s1. The number of amides is 1. The van der Waals surface area contributed by atoms with Gasteiger partial charge in [0.15, 0.2) is 0 Å². The van der Waals surface area contributed by atoms with Gasteiger partial charge in [0, 0.05) is 12.1 Å². The zero-order valence-corrected chi connectivity index (χ0v) is 14.5. The van der Waals surface area contributed by atoms with Gasteiger partial charge in [-0.1, -0.05) is 18.2 Å². The van der Waals surface area contributed by atoms with Crippen molar-refractivity contribution >= 4 is 28.3 Å². The molecule has 0 unspecified atom stereocenters. The number of benzene rings is 3. The molecule has 27 heavy (non-hydrogen) atoms. The highest BCUT2D eigenvalue weighted by Crippen LogP contribution is 2.34. The molecule has 1 atom stereocenters. The van der Waals surface area contributed by atoms with E-state index in [1.807, 2.05) is 24.3 Å². The molecular formula is C21H16FNO4. The average Bonchev–Trinajstić information content (AvgIpc) is 2.66. The van der Waals surface area contributed by atoms with E-state index in [-0.39, 0.29) is 12.3 Å². The molecule has 3 aromatic rings. The maximum Gasteiger partial charge on any atom is 0.319 e. The van der Waals surface area contributed by atoms with Crippen LogP contribution >= 0.6 is 0 Å². The van der Waals surface area contributed by atoms with E-state index in [4.69, 9.17) is 9.47 Å². The highest BCUT2D eigenvalue weighted by molar-refractivity contribution is 6.00. The van der Waals surface area contributed by atoms with Gasteiger partial charge in [-0.3, -0.25) is 9.59 Å². The van der Waals surface area contributed by atoms with E-state index in [1.165, 1.54) is 18.2 Å². The van der Waals surface area contributed by atoms with Crippen molar-refractivity contribution in [3.63, 3.8) is 0 Å². The van der Waals surface area contributed by atoms with Gasteiger partial charge in [0.25, 0.3) is 0 Å². The van der Waals surface area contributed by atoms with E-state index >= 15 is 0 Å². The Kier molecular flexibility index (Phi) is 4.24. The lowest BCUT2D eigenvalue weighted by Crippen LogP contribution is -2.29. The van der Waals surface area contributed by atoms with E-state index in [0.29, 0.717) is 22.7 Å². The highest BCUT2D eigenvalue weighted by atomic mass is 19.1. The molecule has 0 saturated heterocycles. The summed E-state index contributed by atoms with van der Waals surface area (Å²) in [6.07, 6.45) is -0.0428. The van der Waals surface area contributed by atoms with Crippen LogP contribution in [0.4, 0.5) is 10.1 Å². The van der Waals surface area contributed by atoms with E-state index < -0.39 is 17.7 Å². The van der Waals surface area contributed by atoms with Crippen LogP contribution in [0.25, 0.3) is 10.8 Å². The zero-order chi connectivity index (χ0) is 19.0. The second-order valence-electron chi connectivity index (χ2n) is 6.33. The number of rotatable bonds is 3. The lowest BCUT2D eigenvalue weighted by Gasteiger charge is -2.24. The maximum atomic E-state index is 13.4. The quantitative estimate of drug-likeness (QED) is 0.562. The van der Waals surface area contributed by atoms with Crippen molar-refractivity contribution in [2.24, 2.45) is 0 Å². The molecule has 1 aliphatic heterocycles. The van der Waals surface area contributed by atoms with Gasteiger partial charge in [-0.25, -0.2) is 4.39 Å². The van der Waals surface area contributed by atoms with Gasteiger partial charge in [0.05, 0.1) is 13.0 Å². The van der Waals surface area contributed by atoms with Gasteiger partial charge in [-0.2, -0.15) is 0 Å². The first-order valence-corrected chi connectivity index (χ1v) is 8.42. The number of carbonyl (C=O) groups excluding carboxylic acids is 2. The van der Waals surface area contributed by atoms with Gasteiger partial charge in [0.1, 0.15) is 17.3 Å². The van der Waals surface area contributed by atoms with Crippen molar-refractivity contribution in [1.82, 2.24) is 0 Å². The Morgan fingerprint density at radius 1 is 1.04 bits per heavy atom. The van der Waals surface area contributed by atoms with E-state index in [1.54, 1.807) is 19.2 Å². The first-order chi connectivity index (χ1) is 13.0. The third-order valence-electron chi connectivity index (χ3n) is 4.58. The smallest absolute Gasteiger partial charge is 0.319 e. The number of hydrogen-bond acceptors (Lipinski definition) is 4. The van der Waals surface area contributed by atoms with Gasteiger partial charge in [0.2, 0.25) is 5.91 Å². The SMILES string of the molecule is COc1ccc2ccc(OC(=O)[C@H]3CC(=O)Nc4cc(F)ccc43)cc2c1. The topological polar surface area (TPSA) is 64.6 Å². The summed E-state index contributed by atoms with van der Waals surface area (Å²) >= 11 is 0. The Balaban J connectivity index is 1.62. The fourth-order valence-electron chi connectivity index (χ4n) is 3.23. The first-order valence-electron chi connectivity index (χ1n) is 8.42. The van der Waals surface area contributed by atoms with Crippen molar-refractivity contribution in [2.45, 2.75) is 12.3 Å². The van der Waals surface area contributed by atoms with Crippen LogP contribution in [0, 0.1) is 5.82 Å². The molecular weight excluding hydrogens is 349 g/mol. The Morgan fingerprint density at radius 2 is 1.78 bits per heavy atom. The van der Waals surface area contributed by atoms with E-state index in [0.717, 1.165) is 10.8 Å². The van der Waals surface area contributed by atoms with Crippen LogP contribution in [-0.2, 0) is 9.59 Å². The summed E-state index contributed by atoms with van der Waals surface area (Å²) in [4.78, 5) is 24.6. The fourth-order valence-corrected chi connectivity index (χ4v) is 3.23. The van der Waals surface area contributed by atoms with Crippen molar-refractivity contribution in [2.75, 3.05) is 12.4 Å². The lowest BCUT2D eigenvalue weighted by atomic mass is 9.90. The minimum Gasteiger partial charge on any atom is -0.497 e. The summed E-state index contributed by atoms with van der Waals surface area (Å²) in [6.45, 7) is 0. The Bertz CT molecular complexity index is 1060. The van der Waals surface area contributed by atoms with E-state index in [9.17, 15) is 14.0 Å². The summed E-state index contributed by atoms with van der Waals surface area (Å²) < 4.78 is 24.2. The van der Waals surface area contributed by atoms with Gasteiger partial charge in [-0.05, 0) is 52.7 Å². The molecule has 1 N–H and O–H groups in total. The van der Waals surface area contributed by atoms with Crippen LogP contribution in [0.15, 0.2) is 54.6 Å². The normalized spacial score (nSPS) is 15.8. The number of nitrogens with one attached hydrogen (secondary N) is 1. The molecule has 0 aromatic heterocycles. The lowest BCUT2D eigenvalue weighted by molar-refractivity contribution is -0.138. The number of esters is 1. The molecule has 0 fully saturated rings. The Hall–Kier alpha value is -3.41. The van der Waals surface area contributed by atoms with Gasteiger partial charge >= 0.3 is 5.97 Å². The Labute approximate surface area is 154 Å². The highest BCUT2D eigenvalue weighted by Gasteiger charge is 2.32. The molecule has 3 aromatic carbocycles. The number of halogens is 1. The number of fused-ring (bicyclic) bond motifs is 2. The predicted octanol–water partition coefficient (Wildman–Crippen LogP) is 4.02. The average molecular weight is 365 g/mol. The van der Waals surface area contributed by atoms with Crippen LogP contribution in [0.3, 0.4) is 0 Å². The molecule has 0 aliphatic carbocycles. The number of hydrogen-bond donors (Lipinski definition) is 1. The molecule has 0 saturated carbocycles.